The highest BCUT2D eigenvalue weighted by molar-refractivity contribution is 5.88. The fourth-order valence-electron chi connectivity index (χ4n) is 2.35. The molecular formula is C17H14N3O7-. The Kier molecular flexibility index (Phi) is 5.06. The van der Waals surface area contributed by atoms with Gasteiger partial charge in [0, 0.05) is 6.07 Å². The largest absolute Gasteiger partial charge is 0.870 e. The van der Waals surface area contributed by atoms with Crippen LogP contribution in [-0.4, -0.2) is 36.9 Å². The molecule has 1 heterocycles. The van der Waals surface area contributed by atoms with E-state index in [1.54, 1.807) is 24.3 Å². The predicted molar refractivity (Wildman–Crippen MR) is 91.2 cm³/mol. The van der Waals surface area contributed by atoms with Crippen molar-refractivity contribution in [3.05, 3.63) is 52.1 Å². The fourth-order valence-corrected chi connectivity index (χ4v) is 2.35. The summed E-state index contributed by atoms with van der Waals surface area (Å²) in [6.07, 6.45) is 0.0799. The molecule has 3 rings (SSSR count). The van der Waals surface area contributed by atoms with E-state index in [2.05, 4.69) is 10.5 Å². The monoisotopic (exact) mass is 372 g/mol. The number of ether oxygens (including phenoxy) is 3. The number of para-hydroxylation sites is 2. The first-order valence-corrected chi connectivity index (χ1v) is 7.74. The van der Waals surface area contributed by atoms with Crippen LogP contribution in [0.3, 0.4) is 0 Å². The third-order valence-corrected chi connectivity index (χ3v) is 3.68. The number of hydrogen-bond acceptors (Lipinski definition) is 8. The summed E-state index contributed by atoms with van der Waals surface area (Å²) < 4.78 is 15.8. The van der Waals surface area contributed by atoms with Crippen LogP contribution in [-0.2, 0) is 4.79 Å². The van der Waals surface area contributed by atoms with Crippen molar-refractivity contribution in [3.63, 3.8) is 0 Å². The Labute approximate surface area is 153 Å². The molecule has 0 spiro atoms. The second-order valence-corrected chi connectivity index (χ2v) is 5.42. The number of amides is 1. The molecule has 2 aromatic rings. The number of rotatable bonds is 5. The van der Waals surface area contributed by atoms with Gasteiger partial charge in [0.1, 0.15) is 12.4 Å². The molecule has 1 N–H and O–H groups in total. The molecule has 0 fully saturated rings. The van der Waals surface area contributed by atoms with Crippen molar-refractivity contribution in [1.29, 1.82) is 0 Å². The number of methoxy groups -OCH3 is 1. The number of nitrogens with one attached hydrogen (secondary N) is 1. The lowest BCUT2D eigenvalue weighted by atomic mass is 10.2. The summed E-state index contributed by atoms with van der Waals surface area (Å²) in [5.41, 5.74) is 1.78. The molecule has 1 amide bonds. The minimum Gasteiger partial charge on any atom is -0.870 e. The highest BCUT2D eigenvalue weighted by atomic mass is 16.6. The number of nitro groups is 1. The summed E-state index contributed by atoms with van der Waals surface area (Å²) in [4.78, 5) is 22.4. The first-order valence-electron chi connectivity index (χ1n) is 7.74. The molecule has 10 heteroatoms. The maximum atomic E-state index is 12.1. The van der Waals surface area contributed by atoms with Crippen molar-refractivity contribution >= 4 is 17.8 Å². The fraction of sp³-hybridized carbons (Fsp3) is 0.176. The van der Waals surface area contributed by atoms with Gasteiger partial charge in [0.25, 0.3) is 11.6 Å². The molecule has 1 aliphatic rings. The minimum atomic E-state index is -0.927. The van der Waals surface area contributed by atoms with Crippen molar-refractivity contribution < 1.29 is 29.0 Å². The van der Waals surface area contributed by atoms with Gasteiger partial charge in [-0.25, -0.2) is 5.43 Å². The first kappa shape index (κ1) is 18.0. The van der Waals surface area contributed by atoms with Crippen molar-refractivity contribution in [1.82, 2.24) is 5.43 Å². The van der Waals surface area contributed by atoms with E-state index in [9.17, 15) is 20.0 Å². The van der Waals surface area contributed by atoms with E-state index in [-0.39, 0.29) is 23.6 Å². The predicted octanol–water partition coefficient (Wildman–Crippen LogP) is 0.967. The van der Waals surface area contributed by atoms with E-state index in [0.717, 1.165) is 18.3 Å². The van der Waals surface area contributed by atoms with Crippen LogP contribution in [0.2, 0.25) is 0 Å². The van der Waals surface area contributed by atoms with Crippen LogP contribution in [0.5, 0.6) is 23.0 Å². The van der Waals surface area contributed by atoms with Gasteiger partial charge in [-0.15, -0.1) is 0 Å². The molecular weight excluding hydrogens is 358 g/mol. The molecule has 0 saturated heterocycles. The van der Waals surface area contributed by atoms with E-state index in [0.29, 0.717) is 11.5 Å². The molecule has 0 saturated carbocycles. The average molecular weight is 372 g/mol. The van der Waals surface area contributed by atoms with Gasteiger partial charge >= 0.3 is 0 Å². The standard InChI is InChI=1S/C17H15N3O7/c1-25-14-7-11(20(23)24)6-10(16(14)21)8-18-19-17(22)15-9-26-12-4-2-3-5-13(12)27-15/h2-8,15,21H,9H2,1H3,(H,19,22)/p-1/t15-/m0/s1. The van der Waals surface area contributed by atoms with Gasteiger partial charge in [0.05, 0.1) is 24.3 Å². The normalized spacial score (nSPS) is 15.4. The number of carbonyl (C=O) groups is 1. The smallest absolute Gasteiger partial charge is 0.284 e. The Hall–Kier alpha value is -3.82. The molecule has 0 radical (unpaired) electrons. The molecule has 1 atom stereocenters. The lowest BCUT2D eigenvalue weighted by molar-refractivity contribution is -0.385. The summed E-state index contributed by atoms with van der Waals surface area (Å²) in [7, 11) is 1.22. The number of nitrogens with zero attached hydrogens (tertiary/aromatic N) is 2. The van der Waals surface area contributed by atoms with E-state index in [4.69, 9.17) is 14.2 Å². The van der Waals surface area contributed by atoms with Crippen LogP contribution in [0.15, 0.2) is 41.5 Å². The summed E-state index contributed by atoms with van der Waals surface area (Å²) >= 11 is 0. The maximum Gasteiger partial charge on any atom is 0.284 e. The van der Waals surface area contributed by atoms with E-state index >= 15 is 0 Å². The molecule has 0 aliphatic carbocycles. The number of fused-ring (bicyclic) bond motifs is 1. The Morgan fingerprint density at radius 3 is 2.81 bits per heavy atom. The first-order chi connectivity index (χ1) is 13.0. The minimum absolute atomic E-state index is 0.00416. The molecule has 10 nitrogen and oxygen atoms in total. The molecule has 0 bridgehead atoms. The van der Waals surface area contributed by atoms with Crippen LogP contribution in [0.1, 0.15) is 5.56 Å². The maximum absolute atomic E-state index is 12.1. The lowest BCUT2D eigenvalue weighted by Crippen LogP contribution is -2.42. The SMILES string of the molecule is COc1cc([N+](=O)[O-])cc(C=NNC(=O)[C@@H]2COc3ccccc3O2)c1[O-]. The lowest BCUT2D eigenvalue weighted by Gasteiger charge is -2.24. The van der Waals surface area contributed by atoms with Crippen molar-refractivity contribution in [2.75, 3.05) is 13.7 Å². The van der Waals surface area contributed by atoms with Crippen LogP contribution in [0.25, 0.3) is 0 Å². The van der Waals surface area contributed by atoms with E-state index < -0.39 is 22.7 Å². The van der Waals surface area contributed by atoms with Crippen LogP contribution in [0, 0.1) is 10.1 Å². The molecule has 0 unspecified atom stereocenters. The quantitative estimate of drug-likeness (QED) is 0.469. The van der Waals surface area contributed by atoms with Gasteiger partial charge in [-0.05, 0) is 17.7 Å². The summed E-state index contributed by atoms with van der Waals surface area (Å²) in [6, 6.07) is 8.96. The van der Waals surface area contributed by atoms with Crippen molar-refractivity contribution in [3.8, 4) is 23.0 Å². The zero-order valence-corrected chi connectivity index (χ0v) is 14.1. The highest BCUT2D eigenvalue weighted by Crippen LogP contribution is 2.32. The van der Waals surface area contributed by atoms with E-state index in [1.165, 1.54) is 7.11 Å². The molecule has 1 aliphatic heterocycles. The molecule has 140 valence electrons. The van der Waals surface area contributed by atoms with Crippen LogP contribution in [0.4, 0.5) is 5.69 Å². The van der Waals surface area contributed by atoms with Gasteiger partial charge in [0.2, 0.25) is 6.10 Å². The summed E-state index contributed by atoms with van der Waals surface area (Å²) in [6.45, 7) is -0.00416. The summed E-state index contributed by atoms with van der Waals surface area (Å²) in [5.74, 6) is -0.418. The number of non-ortho nitro benzene ring substituents is 1. The third-order valence-electron chi connectivity index (χ3n) is 3.68. The topological polar surface area (TPSA) is 135 Å². The zero-order valence-electron chi connectivity index (χ0n) is 14.1. The van der Waals surface area contributed by atoms with Gasteiger partial charge in [0.15, 0.2) is 11.5 Å². The summed E-state index contributed by atoms with van der Waals surface area (Å²) in [5, 5.41) is 26.7. The second kappa shape index (κ2) is 7.60. The van der Waals surface area contributed by atoms with Crippen LogP contribution >= 0.6 is 0 Å². The Bertz CT molecular complexity index is 913. The molecule has 0 aromatic heterocycles. The Morgan fingerprint density at radius 2 is 2.11 bits per heavy atom. The zero-order chi connectivity index (χ0) is 19.4. The Morgan fingerprint density at radius 1 is 1.37 bits per heavy atom. The number of benzene rings is 2. The van der Waals surface area contributed by atoms with Gasteiger partial charge < -0.3 is 19.3 Å². The number of hydrogen-bond donors (Lipinski definition) is 1. The van der Waals surface area contributed by atoms with Gasteiger partial charge in [-0.3, -0.25) is 14.9 Å². The van der Waals surface area contributed by atoms with E-state index in [1.807, 2.05) is 0 Å². The highest BCUT2D eigenvalue weighted by Gasteiger charge is 2.27. The number of hydrazone groups is 1. The molecule has 2 aromatic carbocycles. The van der Waals surface area contributed by atoms with Gasteiger partial charge in [-0.2, -0.15) is 5.10 Å². The van der Waals surface area contributed by atoms with Crippen molar-refractivity contribution in [2.24, 2.45) is 5.10 Å². The van der Waals surface area contributed by atoms with Crippen molar-refractivity contribution in [2.45, 2.75) is 6.10 Å². The number of nitro benzene ring substituents is 1. The third kappa shape index (κ3) is 3.89. The Balaban J connectivity index is 1.70. The second-order valence-electron chi connectivity index (χ2n) is 5.42. The number of carbonyl (C=O) groups excluding carboxylic acids is 1. The molecule has 27 heavy (non-hydrogen) atoms. The average Bonchev–Trinajstić information content (AvgIpc) is 2.68. The van der Waals surface area contributed by atoms with Gasteiger partial charge in [-0.1, -0.05) is 17.9 Å². The van der Waals surface area contributed by atoms with Crippen LogP contribution < -0.4 is 24.7 Å².